The number of nitrogens with one attached hydrogen (secondary N) is 2. The molecule has 4 amide bonds. The first-order valence-electron chi connectivity index (χ1n) is 8.91. The van der Waals surface area contributed by atoms with Gasteiger partial charge in [0, 0.05) is 15.7 Å². The number of halogens is 4. The normalized spacial score (nSPS) is 18.1. The molecular formula is C20H11BrF3N3O4S. The summed E-state index contributed by atoms with van der Waals surface area (Å²) in [5.74, 6) is -2.13. The van der Waals surface area contributed by atoms with E-state index in [-0.39, 0.29) is 16.2 Å². The molecule has 0 bridgehead atoms. The largest absolute Gasteiger partial charge is 0.416 e. The highest BCUT2D eigenvalue weighted by molar-refractivity contribution is 9.10. The zero-order valence-corrected chi connectivity index (χ0v) is 18.2. The summed E-state index contributed by atoms with van der Waals surface area (Å²) in [6, 6.07) is 8.87. The number of thioether (sulfide) groups is 1. The van der Waals surface area contributed by atoms with Gasteiger partial charge in [0.05, 0.1) is 21.7 Å². The minimum Gasteiger partial charge on any atom is -0.325 e. The molecule has 0 unspecified atom stereocenters. The molecule has 4 rings (SSSR count). The van der Waals surface area contributed by atoms with Crippen LogP contribution in [0.3, 0.4) is 0 Å². The fraction of sp³-hybridized carbons (Fsp3) is 0.100. The second-order valence-corrected chi connectivity index (χ2v) is 8.63. The molecule has 0 radical (unpaired) electrons. The highest BCUT2D eigenvalue weighted by atomic mass is 79.9. The summed E-state index contributed by atoms with van der Waals surface area (Å²) in [4.78, 5) is 50.4. The third-order valence-corrected chi connectivity index (χ3v) is 5.97. The molecule has 164 valence electrons. The number of amides is 4. The third kappa shape index (κ3) is 4.15. The van der Waals surface area contributed by atoms with Crippen molar-refractivity contribution in [1.29, 1.82) is 0 Å². The van der Waals surface area contributed by atoms with E-state index in [0.717, 1.165) is 23.1 Å². The summed E-state index contributed by atoms with van der Waals surface area (Å²) >= 11 is 3.87. The van der Waals surface area contributed by atoms with Gasteiger partial charge >= 0.3 is 6.18 Å². The van der Waals surface area contributed by atoms with E-state index in [1.54, 1.807) is 18.2 Å². The number of carbonyl (C=O) groups excluding carboxylic acids is 4. The molecule has 0 saturated carbocycles. The molecule has 1 saturated heterocycles. The van der Waals surface area contributed by atoms with Gasteiger partial charge in [-0.2, -0.15) is 13.2 Å². The molecule has 2 aliphatic heterocycles. The number of nitrogens with zero attached hydrogens (tertiary/aromatic N) is 1. The van der Waals surface area contributed by atoms with E-state index in [4.69, 9.17) is 0 Å². The monoisotopic (exact) mass is 525 g/mol. The van der Waals surface area contributed by atoms with Crippen LogP contribution in [-0.2, 0) is 20.6 Å². The van der Waals surface area contributed by atoms with Gasteiger partial charge in [0.1, 0.15) is 6.54 Å². The lowest BCUT2D eigenvalue weighted by Gasteiger charge is -2.17. The highest BCUT2D eigenvalue weighted by Gasteiger charge is 2.40. The molecule has 12 heteroatoms. The summed E-state index contributed by atoms with van der Waals surface area (Å²) in [6.45, 7) is -0.513. The van der Waals surface area contributed by atoms with Crippen molar-refractivity contribution in [2.75, 3.05) is 16.8 Å². The molecule has 0 aromatic heterocycles. The first-order valence-corrected chi connectivity index (χ1v) is 10.5. The molecule has 7 nitrogen and oxygen atoms in total. The van der Waals surface area contributed by atoms with Crippen LogP contribution in [0.4, 0.5) is 29.3 Å². The highest BCUT2D eigenvalue weighted by Crippen LogP contribution is 2.43. The van der Waals surface area contributed by atoms with Crippen LogP contribution in [0.1, 0.15) is 11.1 Å². The zero-order valence-electron chi connectivity index (χ0n) is 15.7. The summed E-state index contributed by atoms with van der Waals surface area (Å²) in [5.41, 5.74) is -0.358. The average molecular weight is 526 g/mol. The molecule has 2 heterocycles. The lowest BCUT2D eigenvalue weighted by atomic mass is 10.1. The van der Waals surface area contributed by atoms with Crippen LogP contribution in [0, 0.1) is 0 Å². The van der Waals surface area contributed by atoms with E-state index in [0.29, 0.717) is 27.5 Å². The number of alkyl halides is 3. The van der Waals surface area contributed by atoms with Crippen LogP contribution >= 0.6 is 27.7 Å². The first-order chi connectivity index (χ1) is 15.0. The zero-order chi connectivity index (χ0) is 23.2. The summed E-state index contributed by atoms with van der Waals surface area (Å²) in [7, 11) is 0. The number of hydrogen-bond acceptors (Lipinski definition) is 5. The second-order valence-electron chi connectivity index (χ2n) is 6.73. The van der Waals surface area contributed by atoms with Crippen molar-refractivity contribution < 1.29 is 32.3 Å². The Hall–Kier alpha value is -3.12. The molecule has 32 heavy (non-hydrogen) atoms. The fourth-order valence-corrected chi connectivity index (χ4v) is 4.41. The summed E-state index contributed by atoms with van der Waals surface area (Å²) in [6.07, 6.45) is -4.57. The van der Waals surface area contributed by atoms with Crippen LogP contribution in [0.5, 0.6) is 0 Å². The molecule has 0 spiro atoms. The molecule has 2 aromatic rings. The van der Waals surface area contributed by atoms with Crippen molar-refractivity contribution in [1.82, 2.24) is 5.32 Å². The Bertz CT molecular complexity index is 1230. The van der Waals surface area contributed by atoms with Gasteiger partial charge < -0.3 is 5.32 Å². The SMILES string of the molecule is O=C(CN1C(=O)/C(=C2/SC(=O)NC2=O)c2cc(Br)ccc21)Nc1cccc(C(F)(F)F)c1. The Morgan fingerprint density at radius 1 is 1.12 bits per heavy atom. The Morgan fingerprint density at radius 3 is 2.53 bits per heavy atom. The first kappa shape index (κ1) is 22.1. The lowest BCUT2D eigenvalue weighted by Crippen LogP contribution is -2.35. The van der Waals surface area contributed by atoms with E-state index in [2.05, 4.69) is 26.6 Å². The van der Waals surface area contributed by atoms with Crippen molar-refractivity contribution in [2.45, 2.75) is 6.18 Å². The molecule has 0 atom stereocenters. The molecule has 1 fully saturated rings. The molecule has 2 aromatic carbocycles. The number of carbonyl (C=O) groups is 4. The molecule has 0 aliphatic carbocycles. The lowest BCUT2D eigenvalue weighted by molar-refractivity contribution is -0.137. The summed E-state index contributed by atoms with van der Waals surface area (Å²) < 4.78 is 39.3. The number of hydrogen-bond donors (Lipinski definition) is 2. The van der Waals surface area contributed by atoms with Crippen molar-refractivity contribution in [3.8, 4) is 0 Å². The maximum absolute atomic E-state index is 13.1. The van der Waals surface area contributed by atoms with Gasteiger partial charge in [-0.1, -0.05) is 22.0 Å². The van der Waals surface area contributed by atoms with Crippen LogP contribution in [0.15, 0.2) is 51.8 Å². The maximum Gasteiger partial charge on any atom is 0.416 e. The standard InChI is InChI=1S/C20H11BrF3N3O4S/c21-10-4-5-13-12(7-10)15(16-17(29)26-19(31)32-16)18(30)27(13)8-14(28)25-11-3-1-2-9(6-11)20(22,23)24/h1-7H,8H2,(H,25,28)(H,26,29,31)/b16-15+. The van der Waals surface area contributed by atoms with E-state index >= 15 is 0 Å². The van der Waals surface area contributed by atoms with E-state index < -0.39 is 41.2 Å². The Kier molecular flexibility index (Phi) is 5.59. The van der Waals surface area contributed by atoms with Crippen molar-refractivity contribution >= 4 is 67.6 Å². The number of benzene rings is 2. The van der Waals surface area contributed by atoms with Gasteiger partial charge in [-0.3, -0.25) is 29.4 Å². The average Bonchev–Trinajstić information content (AvgIpc) is 3.16. The maximum atomic E-state index is 13.1. The van der Waals surface area contributed by atoms with Gasteiger partial charge in [-0.15, -0.1) is 0 Å². The topological polar surface area (TPSA) is 95.6 Å². The van der Waals surface area contributed by atoms with Gasteiger partial charge in [0.25, 0.3) is 17.1 Å². The number of rotatable bonds is 3. The minimum absolute atomic E-state index is 0.0264. The minimum atomic E-state index is -4.57. The van der Waals surface area contributed by atoms with Gasteiger partial charge in [0.2, 0.25) is 5.91 Å². The fourth-order valence-electron chi connectivity index (χ4n) is 3.28. The molecule has 2 aliphatic rings. The van der Waals surface area contributed by atoms with Crippen LogP contribution < -0.4 is 15.5 Å². The van der Waals surface area contributed by atoms with Crippen LogP contribution in [0.2, 0.25) is 0 Å². The Morgan fingerprint density at radius 2 is 1.88 bits per heavy atom. The number of anilines is 2. The predicted octanol–water partition coefficient (Wildman–Crippen LogP) is 4.15. The van der Waals surface area contributed by atoms with E-state index in [1.807, 2.05) is 0 Å². The smallest absolute Gasteiger partial charge is 0.325 e. The van der Waals surface area contributed by atoms with Crippen LogP contribution in [0.25, 0.3) is 5.57 Å². The third-order valence-electron chi connectivity index (χ3n) is 4.60. The van der Waals surface area contributed by atoms with Gasteiger partial charge in [0.15, 0.2) is 0 Å². The van der Waals surface area contributed by atoms with Crippen molar-refractivity contribution in [3.63, 3.8) is 0 Å². The van der Waals surface area contributed by atoms with Crippen LogP contribution in [-0.4, -0.2) is 29.5 Å². The predicted molar refractivity (Wildman–Crippen MR) is 115 cm³/mol. The van der Waals surface area contributed by atoms with E-state index in [9.17, 15) is 32.3 Å². The molecule has 2 N–H and O–H groups in total. The quantitative estimate of drug-likeness (QED) is 0.587. The second kappa shape index (κ2) is 8.10. The van der Waals surface area contributed by atoms with Crippen molar-refractivity contribution in [2.24, 2.45) is 0 Å². The Balaban J connectivity index is 1.63. The van der Waals surface area contributed by atoms with Gasteiger partial charge in [-0.05, 0) is 48.2 Å². The molecular weight excluding hydrogens is 515 g/mol. The summed E-state index contributed by atoms with van der Waals surface area (Å²) in [5, 5.41) is 3.81. The number of imide groups is 1. The van der Waals surface area contributed by atoms with Crippen molar-refractivity contribution in [3.05, 3.63) is 63.0 Å². The van der Waals surface area contributed by atoms with E-state index in [1.165, 1.54) is 6.07 Å². The Labute approximate surface area is 191 Å². The van der Waals surface area contributed by atoms with Gasteiger partial charge in [-0.25, -0.2) is 0 Å². The number of fused-ring (bicyclic) bond motifs is 1.